The van der Waals surface area contributed by atoms with Crippen molar-refractivity contribution in [3.63, 3.8) is 0 Å². The zero-order valence-electron chi connectivity index (χ0n) is 18.9. The van der Waals surface area contributed by atoms with Crippen LogP contribution in [0.15, 0.2) is 48.5 Å². The number of hydrogen-bond donors (Lipinski definition) is 1. The lowest BCUT2D eigenvalue weighted by atomic mass is 9.51. The Morgan fingerprint density at radius 1 is 0.941 bits per heavy atom. The number of rotatable bonds is 2. The minimum atomic E-state index is -5.98. The molecule has 2 bridgehead atoms. The molecule has 0 unspecified atom stereocenters. The Balaban J connectivity index is 1.68. The molecular formula is C25H25F6NO2. The van der Waals surface area contributed by atoms with Crippen molar-refractivity contribution in [3.05, 3.63) is 70.8 Å². The maximum Gasteiger partial charge on any atom is 0.430 e. The molecule has 0 radical (unpaired) electrons. The number of amides is 1. The van der Waals surface area contributed by atoms with Crippen LogP contribution in [0.4, 0.5) is 26.3 Å². The second-order valence-corrected chi connectivity index (χ2v) is 9.96. The number of carbonyl (C=O) groups excluding carboxylic acids is 1. The van der Waals surface area contributed by atoms with Gasteiger partial charge in [-0.05, 0) is 41.5 Å². The molecule has 1 aliphatic carbocycles. The van der Waals surface area contributed by atoms with E-state index in [0.717, 1.165) is 17.7 Å². The van der Waals surface area contributed by atoms with E-state index in [9.17, 15) is 36.2 Å². The summed E-state index contributed by atoms with van der Waals surface area (Å²) in [6.07, 6.45) is -10.7. The minimum absolute atomic E-state index is 0.0336. The Labute approximate surface area is 193 Å². The van der Waals surface area contributed by atoms with Crippen molar-refractivity contribution >= 4 is 5.91 Å². The van der Waals surface area contributed by atoms with Crippen LogP contribution in [0.1, 0.15) is 54.2 Å². The summed E-state index contributed by atoms with van der Waals surface area (Å²) in [5.41, 5.74) is -4.58. The van der Waals surface area contributed by atoms with Crippen LogP contribution in [-0.2, 0) is 17.4 Å². The highest BCUT2D eigenvalue weighted by Gasteiger charge is 2.71. The van der Waals surface area contributed by atoms with Crippen molar-refractivity contribution in [1.82, 2.24) is 4.90 Å². The molecule has 184 valence electrons. The normalized spacial score (nSPS) is 24.5. The summed E-state index contributed by atoms with van der Waals surface area (Å²) in [5, 5.41) is 9.60. The molecule has 9 heteroatoms. The number of halogens is 6. The number of piperidine rings is 1. The van der Waals surface area contributed by atoms with Crippen molar-refractivity contribution < 1.29 is 36.2 Å². The van der Waals surface area contributed by atoms with Gasteiger partial charge in [-0.25, -0.2) is 0 Å². The van der Waals surface area contributed by atoms with Crippen molar-refractivity contribution in [2.45, 2.75) is 63.0 Å². The summed E-state index contributed by atoms with van der Waals surface area (Å²) in [5.74, 6) is -0.464. The smallest absolute Gasteiger partial charge is 0.369 e. The standard InChI is InChI=1S/C25H25F6NO2/c1-21(2)19-14-16-6-4-5-7-18(16)22(21,3)12-13-32(19)20(33)15-8-10-17(11-9-15)23(34,24(26,27)28)25(29,30)31/h4-11,19,34H,12-14H2,1-3H3/t19-,22+/m1/s1. The van der Waals surface area contributed by atoms with Crippen LogP contribution in [0.2, 0.25) is 0 Å². The number of fused-ring (bicyclic) bond motifs is 4. The van der Waals surface area contributed by atoms with Crippen molar-refractivity contribution in [1.29, 1.82) is 0 Å². The zero-order chi connectivity index (χ0) is 25.3. The van der Waals surface area contributed by atoms with E-state index in [1.165, 1.54) is 5.56 Å². The lowest BCUT2D eigenvalue weighted by molar-refractivity contribution is -0.376. The zero-order valence-corrected chi connectivity index (χ0v) is 18.9. The van der Waals surface area contributed by atoms with Gasteiger partial charge in [0.1, 0.15) is 0 Å². The number of aliphatic hydroxyl groups is 1. The Morgan fingerprint density at radius 2 is 1.50 bits per heavy atom. The first-order valence-corrected chi connectivity index (χ1v) is 10.9. The van der Waals surface area contributed by atoms with E-state index in [-0.39, 0.29) is 22.4 Å². The topological polar surface area (TPSA) is 40.5 Å². The molecule has 1 amide bonds. The average molecular weight is 485 g/mol. The van der Waals surface area contributed by atoms with Gasteiger partial charge < -0.3 is 10.0 Å². The maximum absolute atomic E-state index is 13.4. The van der Waals surface area contributed by atoms with Crippen LogP contribution in [0.5, 0.6) is 0 Å². The predicted molar refractivity (Wildman–Crippen MR) is 113 cm³/mol. The SMILES string of the molecule is CC1(C)[C@H]2Cc3ccccc3[C@]1(C)CCN2C(=O)c1ccc(C(O)(C(F)(F)F)C(F)(F)F)cc1. The monoisotopic (exact) mass is 485 g/mol. The number of likely N-dealkylation sites (tertiary alicyclic amines) is 1. The number of benzene rings is 2. The molecule has 1 saturated heterocycles. The van der Waals surface area contributed by atoms with E-state index in [1.54, 1.807) is 4.90 Å². The van der Waals surface area contributed by atoms with Crippen LogP contribution in [0.25, 0.3) is 0 Å². The van der Waals surface area contributed by atoms with E-state index in [2.05, 4.69) is 26.8 Å². The van der Waals surface area contributed by atoms with Gasteiger partial charge in [0.2, 0.25) is 0 Å². The molecule has 1 aliphatic heterocycles. The summed E-state index contributed by atoms with van der Waals surface area (Å²) in [6.45, 7) is 6.75. The van der Waals surface area contributed by atoms with Crippen LogP contribution >= 0.6 is 0 Å². The van der Waals surface area contributed by atoms with Crippen LogP contribution in [0.3, 0.4) is 0 Å². The van der Waals surface area contributed by atoms with Gasteiger partial charge in [-0.1, -0.05) is 57.2 Å². The number of hydrogen-bond acceptors (Lipinski definition) is 2. The average Bonchev–Trinajstić information content (AvgIpc) is 2.74. The molecule has 0 saturated carbocycles. The molecule has 3 nitrogen and oxygen atoms in total. The van der Waals surface area contributed by atoms with Gasteiger partial charge in [-0.3, -0.25) is 4.79 Å². The largest absolute Gasteiger partial charge is 0.430 e. The Hall–Kier alpha value is -2.55. The molecule has 2 aliphatic rings. The highest BCUT2D eigenvalue weighted by atomic mass is 19.4. The van der Waals surface area contributed by atoms with Gasteiger partial charge in [0.05, 0.1) is 0 Å². The van der Waals surface area contributed by atoms with Crippen molar-refractivity contribution in [2.75, 3.05) is 6.54 Å². The van der Waals surface area contributed by atoms with Crippen molar-refractivity contribution in [3.8, 4) is 0 Å². The lowest BCUT2D eigenvalue weighted by Crippen LogP contribution is -2.64. The van der Waals surface area contributed by atoms with E-state index < -0.39 is 29.4 Å². The fourth-order valence-electron chi connectivity index (χ4n) is 5.62. The van der Waals surface area contributed by atoms with Crippen LogP contribution in [0, 0.1) is 5.41 Å². The number of carbonyl (C=O) groups is 1. The quantitative estimate of drug-likeness (QED) is 0.550. The Bertz CT molecular complexity index is 1090. The summed E-state index contributed by atoms with van der Waals surface area (Å²) in [6, 6.07) is 10.7. The van der Waals surface area contributed by atoms with Gasteiger partial charge in [-0.2, -0.15) is 26.3 Å². The third-order valence-corrected chi connectivity index (χ3v) is 8.14. The predicted octanol–water partition coefficient (Wildman–Crippen LogP) is 5.75. The van der Waals surface area contributed by atoms with Crippen LogP contribution in [-0.4, -0.2) is 40.9 Å². The van der Waals surface area contributed by atoms with Gasteiger partial charge in [0, 0.05) is 29.1 Å². The van der Waals surface area contributed by atoms with E-state index >= 15 is 0 Å². The van der Waals surface area contributed by atoms with Crippen LogP contribution < -0.4 is 0 Å². The highest BCUT2D eigenvalue weighted by Crippen LogP contribution is 2.56. The third-order valence-electron chi connectivity index (χ3n) is 8.14. The van der Waals surface area contributed by atoms with Gasteiger partial charge in [0.25, 0.3) is 11.5 Å². The second kappa shape index (κ2) is 7.47. The summed E-state index contributed by atoms with van der Waals surface area (Å²) in [4.78, 5) is 15.1. The Morgan fingerprint density at radius 3 is 2.06 bits per heavy atom. The highest BCUT2D eigenvalue weighted by molar-refractivity contribution is 5.94. The molecule has 2 aromatic carbocycles. The molecule has 4 rings (SSSR count). The molecule has 1 fully saturated rings. The first kappa shape index (κ1) is 24.6. The van der Waals surface area contributed by atoms with E-state index in [4.69, 9.17) is 0 Å². The number of alkyl halides is 6. The molecule has 0 aromatic heterocycles. The Kier molecular flexibility index (Phi) is 5.40. The van der Waals surface area contributed by atoms with E-state index in [1.807, 2.05) is 18.2 Å². The molecule has 0 spiro atoms. The van der Waals surface area contributed by atoms with Crippen molar-refractivity contribution in [2.24, 2.45) is 5.41 Å². The lowest BCUT2D eigenvalue weighted by Gasteiger charge is -2.60. The fourth-order valence-corrected chi connectivity index (χ4v) is 5.62. The molecule has 2 aromatic rings. The molecule has 34 heavy (non-hydrogen) atoms. The molecule has 2 atom stereocenters. The summed E-state index contributed by atoms with van der Waals surface area (Å²) >= 11 is 0. The van der Waals surface area contributed by atoms with Gasteiger partial charge in [0.15, 0.2) is 0 Å². The minimum Gasteiger partial charge on any atom is -0.369 e. The first-order valence-electron chi connectivity index (χ1n) is 10.9. The summed E-state index contributed by atoms with van der Waals surface area (Å²) in [7, 11) is 0. The molecule has 1 heterocycles. The first-order chi connectivity index (χ1) is 15.6. The molecular weight excluding hydrogens is 460 g/mol. The van der Waals surface area contributed by atoms with Gasteiger partial charge >= 0.3 is 12.4 Å². The number of nitrogens with zero attached hydrogens (tertiary/aromatic N) is 1. The maximum atomic E-state index is 13.4. The summed E-state index contributed by atoms with van der Waals surface area (Å²) < 4.78 is 79.0. The third kappa shape index (κ3) is 3.26. The molecule has 1 N–H and O–H groups in total. The fraction of sp³-hybridized carbons (Fsp3) is 0.480. The van der Waals surface area contributed by atoms with E-state index in [0.29, 0.717) is 31.5 Å². The van der Waals surface area contributed by atoms with Gasteiger partial charge in [-0.15, -0.1) is 0 Å². The second-order valence-electron chi connectivity index (χ2n) is 9.96.